The van der Waals surface area contributed by atoms with Crippen LogP contribution in [0.5, 0.6) is 0 Å². The Morgan fingerprint density at radius 2 is 1.83 bits per heavy atom. The second-order valence-corrected chi connectivity index (χ2v) is 6.37. The molecular weight excluding hydrogens is 296 g/mol. The second-order valence-electron chi connectivity index (χ2n) is 6.37. The maximum absolute atomic E-state index is 13.8. The van der Waals surface area contributed by atoms with Crippen LogP contribution in [-0.4, -0.2) is 17.9 Å². The number of nitrogens with one attached hydrogen (secondary N) is 1. The molecule has 4 heteroatoms. The van der Waals surface area contributed by atoms with Crippen LogP contribution in [0, 0.1) is 11.8 Å². The Kier molecular flexibility index (Phi) is 5.34. The lowest BCUT2D eigenvalue weighted by atomic mass is 10.1. The number of hydrogen-bond acceptors (Lipinski definition) is 1. The van der Waals surface area contributed by atoms with Gasteiger partial charge in [-0.3, -0.25) is 4.79 Å². The van der Waals surface area contributed by atoms with Gasteiger partial charge >= 0.3 is 0 Å². The minimum atomic E-state index is -2.71. The molecule has 0 bridgehead atoms. The Labute approximate surface area is 136 Å². The van der Waals surface area contributed by atoms with Gasteiger partial charge in [0.2, 0.25) is 5.91 Å². The van der Waals surface area contributed by atoms with E-state index in [-0.39, 0.29) is 11.9 Å². The zero-order chi connectivity index (χ0) is 17.0. The highest BCUT2D eigenvalue weighted by Gasteiger charge is 2.67. The van der Waals surface area contributed by atoms with Gasteiger partial charge in [-0.2, -0.15) is 0 Å². The van der Waals surface area contributed by atoms with E-state index in [9.17, 15) is 13.6 Å². The number of carbonyl (C=O) groups excluding carboxylic acids is 1. The quantitative estimate of drug-likeness (QED) is 0.614. The summed E-state index contributed by atoms with van der Waals surface area (Å²) in [5.41, 5.74) is 0.652. The summed E-state index contributed by atoms with van der Waals surface area (Å²) in [7, 11) is 0. The molecule has 1 saturated carbocycles. The van der Waals surface area contributed by atoms with Gasteiger partial charge < -0.3 is 5.32 Å². The Hall–Kier alpha value is -1.97. The van der Waals surface area contributed by atoms with Crippen molar-refractivity contribution in [1.29, 1.82) is 0 Å². The van der Waals surface area contributed by atoms with Gasteiger partial charge in [0.1, 0.15) is 0 Å². The number of hydrogen-bond donors (Lipinski definition) is 1. The fourth-order valence-electron chi connectivity index (χ4n) is 2.45. The normalized spacial score (nSPS) is 24.3. The summed E-state index contributed by atoms with van der Waals surface area (Å²) in [6.45, 7) is 5.97. The smallest absolute Gasteiger partial charge is 0.262 e. The third-order valence-electron chi connectivity index (χ3n) is 4.31. The largest absolute Gasteiger partial charge is 0.350 e. The summed E-state index contributed by atoms with van der Waals surface area (Å²) in [4.78, 5) is 11.7. The summed E-state index contributed by atoms with van der Waals surface area (Å²) >= 11 is 0. The van der Waals surface area contributed by atoms with Crippen molar-refractivity contribution in [3.05, 3.63) is 60.2 Å². The number of carbonyl (C=O) groups is 1. The van der Waals surface area contributed by atoms with Crippen molar-refractivity contribution < 1.29 is 13.6 Å². The molecule has 0 spiro atoms. The first-order valence-electron chi connectivity index (χ1n) is 7.92. The molecular formula is C19H23F2NO. The fourth-order valence-corrected chi connectivity index (χ4v) is 2.45. The monoisotopic (exact) mass is 319 g/mol. The van der Waals surface area contributed by atoms with E-state index >= 15 is 0 Å². The highest BCUT2D eigenvalue weighted by Crippen LogP contribution is 2.62. The average molecular weight is 319 g/mol. The third kappa shape index (κ3) is 4.27. The van der Waals surface area contributed by atoms with E-state index in [2.05, 4.69) is 5.32 Å². The number of alkyl halides is 2. The van der Waals surface area contributed by atoms with Crippen molar-refractivity contribution in [2.45, 2.75) is 38.7 Å². The summed E-state index contributed by atoms with van der Waals surface area (Å²) in [5, 5.41) is 2.83. The molecule has 0 saturated heterocycles. The predicted octanol–water partition coefficient (Wildman–Crippen LogP) is 4.31. The second kappa shape index (κ2) is 7.07. The van der Waals surface area contributed by atoms with E-state index in [1.54, 1.807) is 24.3 Å². The molecule has 3 atom stereocenters. The van der Waals surface area contributed by atoms with Crippen molar-refractivity contribution in [2.24, 2.45) is 11.8 Å². The molecule has 0 heterocycles. The van der Waals surface area contributed by atoms with Crippen LogP contribution in [0.3, 0.4) is 0 Å². The van der Waals surface area contributed by atoms with E-state index in [1.807, 2.05) is 26.8 Å². The number of halogens is 2. The van der Waals surface area contributed by atoms with E-state index < -0.39 is 17.8 Å². The first-order valence-corrected chi connectivity index (χ1v) is 7.92. The molecule has 1 amide bonds. The Morgan fingerprint density at radius 3 is 2.43 bits per heavy atom. The highest BCUT2D eigenvalue weighted by atomic mass is 19.3. The van der Waals surface area contributed by atoms with Gasteiger partial charge in [-0.05, 0) is 18.4 Å². The van der Waals surface area contributed by atoms with Crippen LogP contribution in [0.4, 0.5) is 8.78 Å². The Morgan fingerprint density at radius 1 is 1.17 bits per heavy atom. The van der Waals surface area contributed by atoms with Gasteiger partial charge in [0.05, 0.1) is 11.8 Å². The van der Waals surface area contributed by atoms with Crippen LogP contribution in [0.15, 0.2) is 54.6 Å². The van der Waals surface area contributed by atoms with Gasteiger partial charge in [0, 0.05) is 12.1 Å². The summed E-state index contributed by atoms with van der Waals surface area (Å²) < 4.78 is 27.7. The van der Waals surface area contributed by atoms with Crippen molar-refractivity contribution in [3.63, 3.8) is 0 Å². The van der Waals surface area contributed by atoms with Crippen LogP contribution in [0.2, 0.25) is 0 Å². The number of amides is 1. The number of rotatable bonds is 6. The van der Waals surface area contributed by atoms with E-state index in [0.29, 0.717) is 11.5 Å². The SMILES string of the molecule is CC(C)C(C)NC(=O)C=CC=C[C@@H]1[C@@H](c2ccccc2)C1(F)F. The summed E-state index contributed by atoms with van der Waals surface area (Å²) in [6, 6.07) is 8.88. The van der Waals surface area contributed by atoms with Crippen molar-refractivity contribution in [2.75, 3.05) is 0 Å². The molecule has 0 aliphatic heterocycles. The maximum atomic E-state index is 13.8. The molecule has 124 valence electrons. The minimum Gasteiger partial charge on any atom is -0.350 e. The molecule has 1 unspecified atom stereocenters. The van der Waals surface area contributed by atoms with Gasteiger partial charge in [-0.1, -0.05) is 62.4 Å². The molecule has 1 aromatic carbocycles. The zero-order valence-corrected chi connectivity index (χ0v) is 13.7. The predicted molar refractivity (Wildman–Crippen MR) is 88.3 cm³/mol. The van der Waals surface area contributed by atoms with Crippen LogP contribution in [0.1, 0.15) is 32.3 Å². The van der Waals surface area contributed by atoms with E-state index in [4.69, 9.17) is 0 Å². The first-order chi connectivity index (χ1) is 10.8. The highest BCUT2D eigenvalue weighted by molar-refractivity contribution is 5.87. The number of benzene rings is 1. The molecule has 2 rings (SSSR count). The third-order valence-corrected chi connectivity index (χ3v) is 4.31. The van der Waals surface area contributed by atoms with Gasteiger partial charge in [-0.25, -0.2) is 8.78 Å². The maximum Gasteiger partial charge on any atom is 0.262 e. The van der Waals surface area contributed by atoms with E-state index in [1.165, 1.54) is 24.3 Å². The standard InChI is InChI=1S/C19H23F2NO/c1-13(2)14(3)22-17(23)12-8-7-11-16-18(19(16,20)21)15-9-5-4-6-10-15/h4-14,16,18H,1-3H3,(H,22,23)/t14?,16-,18-/m1/s1. The summed E-state index contributed by atoms with van der Waals surface area (Å²) in [6.07, 6.45) is 5.89. The zero-order valence-electron chi connectivity index (χ0n) is 13.7. The minimum absolute atomic E-state index is 0.0753. The molecule has 1 aliphatic carbocycles. The molecule has 0 radical (unpaired) electrons. The Bertz CT molecular complexity index is 593. The molecule has 2 nitrogen and oxygen atoms in total. The molecule has 0 aromatic heterocycles. The first kappa shape index (κ1) is 17.4. The molecule has 1 aliphatic rings. The lowest BCUT2D eigenvalue weighted by Crippen LogP contribution is -2.34. The van der Waals surface area contributed by atoms with Crippen LogP contribution in [-0.2, 0) is 4.79 Å². The Balaban J connectivity index is 1.89. The molecule has 23 heavy (non-hydrogen) atoms. The molecule has 1 fully saturated rings. The van der Waals surface area contributed by atoms with Crippen molar-refractivity contribution in [3.8, 4) is 0 Å². The van der Waals surface area contributed by atoms with Crippen LogP contribution in [0.25, 0.3) is 0 Å². The lowest BCUT2D eigenvalue weighted by molar-refractivity contribution is -0.117. The van der Waals surface area contributed by atoms with Crippen molar-refractivity contribution >= 4 is 5.91 Å². The molecule has 1 aromatic rings. The van der Waals surface area contributed by atoms with Crippen LogP contribution < -0.4 is 5.32 Å². The summed E-state index contributed by atoms with van der Waals surface area (Å²) in [5.74, 6) is -4.13. The van der Waals surface area contributed by atoms with Gasteiger partial charge in [-0.15, -0.1) is 0 Å². The fraction of sp³-hybridized carbons (Fsp3) is 0.421. The van der Waals surface area contributed by atoms with Crippen molar-refractivity contribution in [1.82, 2.24) is 5.32 Å². The topological polar surface area (TPSA) is 29.1 Å². The van der Waals surface area contributed by atoms with Gasteiger partial charge in [0.15, 0.2) is 0 Å². The molecule has 1 N–H and O–H groups in total. The van der Waals surface area contributed by atoms with Gasteiger partial charge in [0.25, 0.3) is 5.92 Å². The number of allylic oxidation sites excluding steroid dienone is 3. The van der Waals surface area contributed by atoms with Crippen LogP contribution >= 0.6 is 0 Å². The lowest BCUT2D eigenvalue weighted by Gasteiger charge is -2.15. The average Bonchev–Trinajstić information content (AvgIpc) is 3.05. The van der Waals surface area contributed by atoms with E-state index in [0.717, 1.165) is 0 Å².